The van der Waals surface area contributed by atoms with Gasteiger partial charge in [-0.05, 0) is 42.7 Å². The number of benzene rings is 2. The first-order valence-corrected chi connectivity index (χ1v) is 10.7. The van der Waals surface area contributed by atoms with E-state index in [0.29, 0.717) is 5.82 Å². The number of hydrogen-bond donors (Lipinski definition) is 2. The van der Waals surface area contributed by atoms with E-state index in [9.17, 15) is 18.0 Å². The van der Waals surface area contributed by atoms with E-state index in [-0.39, 0.29) is 19.0 Å². The Hall–Kier alpha value is -3.33. The van der Waals surface area contributed by atoms with Gasteiger partial charge in [-0.2, -0.15) is 18.3 Å². The van der Waals surface area contributed by atoms with Crippen LogP contribution in [-0.4, -0.2) is 52.6 Å². The maximum atomic E-state index is 13.0. The molecule has 0 radical (unpaired) electrons. The molecule has 2 aromatic carbocycles. The quantitative estimate of drug-likeness (QED) is 0.587. The van der Waals surface area contributed by atoms with Crippen LogP contribution in [0.3, 0.4) is 0 Å². The van der Waals surface area contributed by atoms with Gasteiger partial charge in [0.2, 0.25) is 0 Å². The average molecular weight is 458 g/mol. The number of anilines is 1. The minimum absolute atomic E-state index is 0.114. The lowest BCUT2D eigenvalue weighted by atomic mass is 9.94. The summed E-state index contributed by atoms with van der Waals surface area (Å²) in [6.07, 6.45) is -2.71. The number of aromatic nitrogens is 2. The lowest BCUT2D eigenvalue weighted by Crippen LogP contribution is -2.43. The fraction of sp³-hybridized carbons (Fsp3) is 0.333. The van der Waals surface area contributed by atoms with Crippen molar-refractivity contribution in [1.82, 2.24) is 20.0 Å². The molecule has 0 bridgehead atoms. The van der Waals surface area contributed by atoms with Crippen LogP contribution in [0, 0.1) is 13.8 Å². The van der Waals surface area contributed by atoms with Crippen molar-refractivity contribution < 1.29 is 18.0 Å². The van der Waals surface area contributed by atoms with Gasteiger partial charge < -0.3 is 5.32 Å². The van der Waals surface area contributed by atoms with Crippen LogP contribution in [0.1, 0.15) is 22.6 Å². The van der Waals surface area contributed by atoms with Crippen molar-refractivity contribution in [1.29, 1.82) is 0 Å². The van der Waals surface area contributed by atoms with Crippen molar-refractivity contribution in [3.05, 3.63) is 77.5 Å². The van der Waals surface area contributed by atoms with E-state index >= 15 is 0 Å². The molecule has 2 amide bonds. The van der Waals surface area contributed by atoms with Crippen LogP contribution in [0.15, 0.2) is 60.8 Å². The molecule has 0 spiro atoms. The van der Waals surface area contributed by atoms with Gasteiger partial charge >= 0.3 is 12.2 Å². The molecule has 174 valence electrons. The zero-order valence-corrected chi connectivity index (χ0v) is 18.4. The standard InChI is InChI=1S/C24H26F3N5O/c1-16-8-9-19(12-17(16)2)32-22(10-11-28-32)30-23(33)29-21-14-31(15-24(25,26)27)13-20(21)18-6-4-3-5-7-18/h3-12,20-21H,13-15H2,1-2H3,(H2,29,30,33). The number of likely N-dealkylation sites (tertiary alicyclic amines) is 1. The summed E-state index contributed by atoms with van der Waals surface area (Å²) in [7, 11) is 0. The van der Waals surface area contributed by atoms with Crippen molar-refractivity contribution in [3.8, 4) is 5.69 Å². The van der Waals surface area contributed by atoms with E-state index in [4.69, 9.17) is 0 Å². The fourth-order valence-corrected chi connectivity index (χ4v) is 4.23. The Morgan fingerprint density at radius 2 is 1.82 bits per heavy atom. The molecule has 1 aliphatic rings. The summed E-state index contributed by atoms with van der Waals surface area (Å²) >= 11 is 0. The van der Waals surface area contributed by atoms with Gasteiger partial charge in [-0.1, -0.05) is 36.4 Å². The molecule has 1 aliphatic heterocycles. The largest absolute Gasteiger partial charge is 0.401 e. The molecule has 9 heteroatoms. The second kappa shape index (κ2) is 9.27. The van der Waals surface area contributed by atoms with Crippen molar-refractivity contribution in [2.45, 2.75) is 32.0 Å². The number of nitrogens with zero attached hydrogens (tertiary/aromatic N) is 3. The lowest BCUT2D eigenvalue weighted by Gasteiger charge is -2.21. The number of amides is 2. The van der Waals surface area contributed by atoms with Gasteiger partial charge in [0.15, 0.2) is 0 Å². The van der Waals surface area contributed by atoms with Crippen LogP contribution in [0.25, 0.3) is 5.69 Å². The van der Waals surface area contributed by atoms with E-state index < -0.39 is 24.8 Å². The van der Waals surface area contributed by atoms with E-state index in [1.807, 2.05) is 62.4 Å². The average Bonchev–Trinajstić information content (AvgIpc) is 3.36. The van der Waals surface area contributed by atoms with Crippen molar-refractivity contribution in [2.24, 2.45) is 0 Å². The Balaban J connectivity index is 1.49. The number of halogens is 3. The van der Waals surface area contributed by atoms with Crippen molar-refractivity contribution in [3.63, 3.8) is 0 Å². The minimum Gasteiger partial charge on any atom is -0.333 e. The van der Waals surface area contributed by atoms with Crippen LogP contribution in [-0.2, 0) is 0 Å². The molecule has 1 saturated heterocycles. The molecule has 4 rings (SSSR count). The van der Waals surface area contributed by atoms with Gasteiger partial charge in [0.25, 0.3) is 0 Å². The first-order chi connectivity index (χ1) is 15.7. The van der Waals surface area contributed by atoms with Crippen LogP contribution in [0.4, 0.5) is 23.8 Å². The van der Waals surface area contributed by atoms with E-state index in [1.165, 1.54) is 4.90 Å². The predicted octanol–water partition coefficient (Wildman–Crippen LogP) is 4.64. The minimum atomic E-state index is -4.29. The van der Waals surface area contributed by atoms with Gasteiger partial charge in [-0.3, -0.25) is 10.2 Å². The number of rotatable bonds is 5. The molecule has 2 heterocycles. The molecule has 6 nitrogen and oxygen atoms in total. The topological polar surface area (TPSA) is 62.2 Å². The Morgan fingerprint density at radius 1 is 1.06 bits per heavy atom. The third-order valence-corrected chi connectivity index (χ3v) is 5.96. The van der Waals surface area contributed by atoms with Crippen LogP contribution < -0.4 is 10.6 Å². The summed E-state index contributed by atoms with van der Waals surface area (Å²) in [5.41, 5.74) is 3.94. The highest BCUT2D eigenvalue weighted by Crippen LogP contribution is 2.30. The number of carbonyl (C=O) groups is 1. The molecule has 2 N–H and O–H groups in total. The second-order valence-corrected chi connectivity index (χ2v) is 8.43. The van der Waals surface area contributed by atoms with Crippen molar-refractivity contribution in [2.75, 3.05) is 25.0 Å². The molecule has 0 saturated carbocycles. The third-order valence-electron chi connectivity index (χ3n) is 5.96. The second-order valence-electron chi connectivity index (χ2n) is 8.43. The zero-order chi connectivity index (χ0) is 23.6. The zero-order valence-electron chi connectivity index (χ0n) is 18.4. The lowest BCUT2D eigenvalue weighted by molar-refractivity contribution is -0.143. The number of carbonyl (C=O) groups excluding carboxylic acids is 1. The monoisotopic (exact) mass is 457 g/mol. The summed E-state index contributed by atoms with van der Waals surface area (Å²) in [5.74, 6) is 0.223. The van der Waals surface area contributed by atoms with E-state index in [1.54, 1.807) is 16.9 Å². The Kier molecular flexibility index (Phi) is 6.42. The van der Waals surface area contributed by atoms with E-state index in [2.05, 4.69) is 15.7 Å². The highest BCUT2D eigenvalue weighted by Gasteiger charge is 2.40. The highest BCUT2D eigenvalue weighted by molar-refractivity contribution is 5.89. The number of hydrogen-bond acceptors (Lipinski definition) is 3. The molecule has 2 unspecified atom stereocenters. The Morgan fingerprint density at radius 3 is 2.52 bits per heavy atom. The van der Waals surface area contributed by atoms with Gasteiger partial charge in [0.05, 0.1) is 24.5 Å². The first kappa shape index (κ1) is 22.8. The number of aryl methyl sites for hydroxylation is 2. The summed E-state index contributed by atoms with van der Waals surface area (Å²) in [4.78, 5) is 14.2. The molecule has 1 fully saturated rings. The van der Waals surface area contributed by atoms with E-state index in [0.717, 1.165) is 22.4 Å². The highest BCUT2D eigenvalue weighted by atomic mass is 19.4. The van der Waals surface area contributed by atoms with Crippen LogP contribution in [0.2, 0.25) is 0 Å². The van der Waals surface area contributed by atoms with Crippen LogP contribution in [0.5, 0.6) is 0 Å². The summed E-state index contributed by atoms with van der Waals surface area (Å²) in [6.45, 7) is 3.34. The third kappa shape index (κ3) is 5.54. The fourth-order valence-electron chi connectivity index (χ4n) is 4.23. The molecule has 1 aromatic heterocycles. The maximum absolute atomic E-state index is 13.0. The molecule has 33 heavy (non-hydrogen) atoms. The predicted molar refractivity (Wildman–Crippen MR) is 121 cm³/mol. The molecule has 3 aromatic rings. The SMILES string of the molecule is Cc1ccc(-n2nccc2NC(=O)NC2CN(CC(F)(F)F)CC2c2ccccc2)cc1C. The maximum Gasteiger partial charge on any atom is 0.401 e. The molecular formula is C24H26F3N5O. The van der Waals surface area contributed by atoms with Gasteiger partial charge in [0, 0.05) is 25.1 Å². The van der Waals surface area contributed by atoms with Gasteiger partial charge in [0.1, 0.15) is 5.82 Å². The summed E-state index contributed by atoms with van der Waals surface area (Å²) in [5, 5.41) is 9.97. The Labute approximate surface area is 190 Å². The van der Waals surface area contributed by atoms with Crippen molar-refractivity contribution >= 4 is 11.8 Å². The number of alkyl halides is 3. The first-order valence-electron chi connectivity index (χ1n) is 10.7. The summed E-state index contributed by atoms with van der Waals surface area (Å²) in [6, 6.07) is 15.9. The van der Waals surface area contributed by atoms with Crippen LogP contribution >= 0.6 is 0 Å². The van der Waals surface area contributed by atoms with Gasteiger partial charge in [-0.25, -0.2) is 9.48 Å². The number of nitrogens with one attached hydrogen (secondary N) is 2. The molecule has 0 aliphatic carbocycles. The van der Waals surface area contributed by atoms with Gasteiger partial charge in [-0.15, -0.1) is 0 Å². The smallest absolute Gasteiger partial charge is 0.333 e. The molecular weight excluding hydrogens is 431 g/mol. The molecule has 2 atom stereocenters. The normalized spacial score (nSPS) is 18.9. The Bertz CT molecular complexity index is 1110. The summed E-state index contributed by atoms with van der Waals surface area (Å²) < 4.78 is 40.6. The number of urea groups is 1.